The average Bonchev–Trinajstić information content (AvgIpc) is 2.37. The lowest BCUT2D eigenvalue weighted by molar-refractivity contribution is -0.139. The lowest BCUT2D eigenvalue weighted by Crippen LogP contribution is -2.41. The summed E-state index contributed by atoms with van der Waals surface area (Å²) in [6.45, 7) is 1.88. The van der Waals surface area contributed by atoms with E-state index in [1.54, 1.807) is 0 Å². The van der Waals surface area contributed by atoms with Crippen molar-refractivity contribution in [3.8, 4) is 0 Å². The number of halogens is 2. The van der Waals surface area contributed by atoms with E-state index in [1.807, 2.05) is 6.92 Å². The number of nitrogens with one attached hydrogen (secondary N) is 1. The van der Waals surface area contributed by atoms with E-state index in [1.165, 1.54) is 6.07 Å². The van der Waals surface area contributed by atoms with Gasteiger partial charge in [-0.3, -0.25) is 4.79 Å². The van der Waals surface area contributed by atoms with Crippen molar-refractivity contribution < 1.29 is 23.5 Å². The van der Waals surface area contributed by atoms with E-state index in [9.17, 15) is 18.4 Å². The summed E-state index contributed by atoms with van der Waals surface area (Å²) >= 11 is 0. The number of benzene rings is 1. The Bertz CT molecular complexity index is 477. The summed E-state index contributed by atoms with van der Waals surface area (Å²) < 4.78 is 26.3. The zero-order valence-corrected chi connectivity index (χ0v) is 10.5. The Hall–Kier alpha value is -1.98. The summed E-state index contributed by atoms with van der Waals surface area (Å²) in [5.41, 5.74) is -0.497. The molecule has 19 heavy (non-hydrogen) atoms. The third-order valence-corrected chi connectivity index (χ3v) is 2.65. The van der Waals surface area contributed by atoms with Crippen LogP contribution in [0.15, 0.2) is 18.2 Å². The third kappa shape index (κ3) is 4.01. The fourth-order valence-electron chi connectivity index (χ4n) is 1.58. The summed E-state index contributed by atoms with van der Waals surface area (Å²) in [6, 6.07) is 2.08. The van der Waals surface area contributed by atoms with E-state index in [2.05, 4.69) is 5.32 Å². The molecular weight excluding hydrogens is 256 g/mol. The fraction of sp³-hybridized carbons (Fsp3) is 0.385. The zero-order valence-electron chi connectivity index (χ0n) is 10.5. The van der Waals surface area contributed by atoms with E-state index in [0.717, 1.165) is 18.6 Å². The van der Waals surface area contributed by atoms with Gasteiger partial charge in [0, 0.05) is 0 Å². The van der Waals surface area contributed by atoms with Crippen LogP contribution in [-0.4, -0.2) is 23.0 Å². The van der Waals surface area contributed by atoms with Gasteiger partial charge in [0.25, 0.3) is 5.91 Å². The summed E-state index contributed by atoms with van der Waals surface area (Å²) in [4.78, 5) is 22.7. The topological polar surface area (TPSA) is 66.4 Å². The first-order chi connectivity index (χ1) is 8.97. The van der Waals surface area contributed by atoms with E-state index in [4.69, 9.17) is 5.11 Å². The first kappa shape index (κ1) is 15.1. The summed E-state index contributed by atoms with van der Waals surface area (Å²) in [5, 5.41) is 11.1. The molecule has 0 saturated carbocycles. The molecular formula is C13H15F2NO3. The van der Waals surface area contributed by atoms with Gasteiger partial charge in [0.15, 0.2) is 11.6 Å². The molecule has 0 radical (unpaired) electrons. The quantitative estimate of drug-likeness (QED) is 0.834. The Morgan fingerprint density at radius 2 is 2.05 bits per heavy atom. The number of unbranched alkanes of at least 4 members (excludes halogenated alkanes) is 1. The second-order valence-corrected chi connectivity index (χ2v) is 4.11. The molecule has 0 aliphatic heterocycles. The summed E-state index contributed by atoms with van der Waals surface area (Å²) in [5.74, 6) is -4.55. The van der Waals surface area contributed by atoms with Gasteiger partial charge in [-0.15, -0.1) is 0 Å². The second kappa shape index (κ2) is 6.82. The monoisotopic (exact) mass is 271 g/mol. The number of carbonyl (C=O) groups is 2. The Morgan fingerprint density at radius 3 is 2.63 bits per heavy atom. The minimum Gasteiger partial charge on any atom is -0.480 e. The lowest BCUT2D eigenvalue weighted by atomic mass is 10.1. The highest BCUT2D eigenvalue weighted by atomic mass is 19.2. The predicted octanol–water partition coefficient (Wildman–Crippen LogP) is 2.34. The van der Waals surface area contributed by atoms with Crippen LogP contribution in [0.1, 0.15) is 36.5 Å². The van der Waals surface area contributed by atoms with Crippen LogP contribution in [0.5, 0.6) is 0 Å². The minimum absolute atomic E-state index is 0.245. The van der Waals surface area contributed by atoms with Gasteiger partial charge in [-0.2, -0.15) is 0 Å². The normalized spacial score (nSPS) is 11.9. The molecule has 1 amide bonds. The Kier molecular flexibility index (Phi) is 5.41. The Morgan fingerprint density at radius 1 is 1.37 bits per heavy atom. The molecule has 0 saturated heterocycles. The molecule has 104 valence electrons. The molecule has 0 heterocycles. The Labute approximate surface area is 109 Å². The van der Waals surface area contributed by atoms with Crippen LogP contribution in [0, 0.1) is 11.6 Å². The first-order valence-electron chi connectivity index (χ1n) is 5.95. The molecule has 4 nitrogen and oxygen atoms in total. The summed E-state index contributed by atoms with van der Waals surface area (Å²) in [7, 11) is 0. The molecule has 0 bridgehead atoms. The standard InChI is InChI=1S/C13H15F2NO3/c1-2-3-7-10(13(18)19)16-12(17)8-5-4-6-9(14)11(8)15/h4-6,10H,2-3,7H2,1H3,(H,16,17)(H,18,19)/t10-/m0/s1. The number of rotatable bonds is 6. The second-order valence-electron chi connectivity index (χ2n) is 4.11. The molecule has 1 atom stereocenters. The molecule has 0 unspecified atom stereocenters. The van der Waals surface area contributed by atoms with Gasteiger partial charge in [0.1, 0.15) is 6.04 Å². The fourth-order valence-corrected chi connectivity index (χ4v) is 1.58. The number of amides is 1. The van der Waals surface area contributed by atoms with Crippen LogP contribution in [0.2, 0.25) is 0 Å². The van der Waals surface area contributed by atoms with E-state index in [-0.39, 0.29) is 6.42 Å². The number of carboxylic acids is 1. The lowest BCUT2D eigenvalue weighted by Gasteiger charge is -2.14. The highest BCUT2D eigenvalue weighted by Crippen LogP contribution is 2.12. The van der Waals surface area contributed by atoms with Gasteiger partial charge in [-0.1, -0.05) is 25.8 Å². The molecule has 0 aromatic heterocycles. The maximum atomic E-state index is 13.4. The Balaban J connectivity index is 2.82. The summed E-state index contributed by atoms with van der Waals surface area (Å²) in [6.07, 6.45) is 1.63. The van der Waals surface area contributed by atoms with Crippen molar-refractivity contribution in [1.82, 2.24) is 5.32 Å². The number of aliphatic carboxylic acids is 1. The van der Waals surface area contributed by atoms with E-state index in [0.29, 0.717) is 6.42 Å². The average molecular weight is 271 g/mol. The van der Waals surface area contributed by atoms with Crippen LogP contribution < -0.4 is 5.32 Å². The van der Waals surface area contributed by atoms with Gasteiger partial charge in [-0.25, -0.2) is 13.6 Å². The van der Waals surface area contributed by atoms with Crippen molar-refractivity contribution in [2.45, 2.75) is 32.2 Å². The maximum absolute atomic E-state index is 13.4. The van der Waals surface area contributed by atoms with Gasteiger partial charge >= 0.3 is 5.97 Å². The number of hydrogen-bond acceptors (Lipinski definition) is 2. The van der Waals surface area contributed by atoms with Gasteiger partial charge in [0.2, 0.25) is 0 Å². The van der Waals surface area contributed by atoms with Gasteiger partial charge in [-0.05, 0) is 18.6 Å². The van der Waals surface area contributed by atoms with Crippen molar-refractivity contribution in [1.29, 1.82) is 0 Å². The predicted molar refractivity (Wildman–Crippen MR) is 64.8 cm³/mol. The highest BCUT2D eigenvalue weighted by molar-refractivity contribution is 5.96. The van der Waals surface area contributed by atoms with E-state index >= 15 is 0 Å². The van der Waals surface area contributed by atoms with Crippen molar-refractivity contribution in [2.75, 3.05) is 0 Å². The van der Waals surface area contributed by atoms with Crippen molar-refractivity contribution >= 4 is 11.9 Å². The van der Waals surface area contributed by atoms with Crippen LogP contribution in [0.25, 0.3) is 0 Å². The van der Waals surface area contributed by atoms with Crippen molar-refractivity contribution in [2.24, 2.45) is 0 Å². The van der Waals surface area contributed by atoms with Crippen LogP contribution in [-0.2, 0) is 4.79 Å². The number of hydrogen-bond donors (Lipinski definition) is 2. The van der Waals surface area contributed by atoms with Gasteiger partial charge < -0.3 is 10.4 Å². The van der Waals surface area contributed by atoms with Crippen LogP contribution in [0.4, 0.5) is 8.78 Å². The van der Waals surface area contributed by atoms with Gasteiger partial charge in [0.05, 0.1) is 5.56 Å². The minimum atomic E-state index is -1.28. The van der Waals surface area contributed by atoms with Crippen molar-refractivity contribution in [3.63, 3.8) is 0 Å². The SMILES string of the molecule is CCCC[C@H](NC(=O)c1cccc(F)c1F)C(=O)O. The molecule has 0 aliphatic carbocycles. The third-order valence-electron chi connectivity index (χ3n) is 2.65. The maximum Gasteiger partial charge on any atom is 0.326 e. The number of carbonyl (C=O) groups excluding carboxylic acids is 1. The molecule has 0 spiro atoms. The molecule has 0 aliphatic rings. The van der Waals surface area contributed by atoms with E-state index < -0.39 is 35.1 Å². The zero-order chi connectivity index (χ0) is 14.4. The molecule has 2 N–H and O–H groups in total. The molecule has 6 heteroatoms. The highest BCUT2D eigenvalue weighted by Gasteiger charge is 2.22. The number of carboxylic acid groups (broad SMARTS) is 1. The molecule has 1 aromatic rings. The smallest absolute Gasteiger partial charge is 0.326 e. The largest absolute Gasteiger partial charge is 0.480 e. The molecule has 1 aromatic carbocycles. The van der Waals surface area contributed by atoms with Crippen LogP contribution in [0.3, 0.4) is 0 Å². The van der Waals surface area contributed by atoms with Crippen molar-refractivity contribution in [3.05, 3.63) is 35.4 Å². The molecule has 0 fully saturated rings. The molecule has 1 rings (SSSR count). The van der Waals surface area contributed by atoms with Crippen LogP contribution >= 0.6 is 0 Å². The first-order valence-corrected chi connectivity index (χ1v) is 5.95.